The zero-order valence-corrected chi connectivity index (χ0v) is 18.3. The molecule has 1 saturated carbocycles. The number of aryl methyl sites for hydroxylation is 1. The van der Waals surface area contributed by atoms with Gasteiger partial charge in [0.1, 0.15) is 23.3 Å². The average molecular weight is 424 g/mol. The summed E-state index contributed by atoms with van der Waals surface area (Å²) in [5.41, 5.74) is 1.41. The van der Waals surface area contributed by atoms with Gasteiger partial charge in [-0.2, -0.15) is 0 Å². The molecule has 1 unspecified atom stereocenters. The Hall–Kier alpha value is -3.02. The summed E-state index contributed by atoms with van der Waals surface area (Å²) >= 11 is 0. The van der Waals surface area contributed by atoms with E-state index >= 15 is 0 Å². The van der Waals surface area contributed by atoms with E-state index in [1.807, 2.05) is 20.8 Å². The lowest BCUT2D eigenvalue weighted by molar-refractivity contribution is -0.142. The summed E-state index contributed by atoms with van der Waals surface area (Å²) in [5.74, 6) is -0.201. The van der Waals surface area contributed by atoms with Crippen molar-refractivity contribution in [2.45, 2.75) is 71.1 Å². The molecule has 1 saturated heterocycles. The summed E-state index contributed by atoms with van der Waals surface area (Å²) in [6.07, 6.45) is 6.44. The number of nitrogens with zero attached hydrogens (tertiary/aromatic N) is 1. The van der Waals surface area contributed by atoms with E-state index in [-0.39, 0.29) is 23.5 Å². The van der Waals surface area contributed by atoms with Crippen molar-refractivity contribution in [3.05, 3.63) is 59.1 Å². The number of hydrogen-bond acceptors (Lipinski definition) is 5. The van der Waals surface area contributed by atoms with E-state index in [1.165, 1.54) is 6.26 Å². The Labute approximate surface area is 182 Å². The first kappa shape index (κ1) is 21.2. The average Bonchev–Trinajstić information content (AvgIpc) is 3.36. The number of benzene rings is 1. The molecule has 0 bridgehead atoms. The van der Waals surface area contributed by atoms with Crippen LogP contribution in [0.2, 0.25) is 0 Å². The van der Waals surface area contributed by atoms with Gasteiger partial charge in [0.25, 0.3) is 11.7 Å². The maximum atomic E-state index is 13.1. The molecule has 1 aromatic carbocycles. The number of aliphatic hydroxyl groups excluding tert-OH is 1. The van der Waals surface area contributed by atoms with Crippen molar-refractivity contribution in [2.24, 2.45) is 0 Å². The Morgan fingerprint density at radius 1 is 1.16 bits per heavy atom. The summed E-state index contributed by atoms with van der Waals surface area (Å²) in [6, 6.07) is 8.01. The van der Waals surface area contributed by atoms with Crippen LogP contribution in [0.1, 0.15) is 68.9 Å². The van der Waals surface area contributed by atoms with Gasteiger partial charge in [-0.3, -0.25) is 9.59 Å². The number of carbonyl (C=O) groups is 2. The van der Waals surface area contributed by atoms with Crippen LogP contribution >= 0.6 is 0 Å². The normalized spacial score (nSPS) is 21.8. The highest BCUT2D eigenvalue weighted by atomic mass is 16.5. The third kappa shape index (κ3) is 3.99. The number of Topliss-reactive ketones (excluding diaryl/α,β-unsaturated/α-hetero) is 1. The number of likely N-dealkylation sites (tertiary alicyclic amines) is 1. The number of aliphatic hydroxyl groups is 1. The number of rotatable bonds is 5. The molecule has 0 spiro atoms. The number of amides is 1. The standard InChI is InChI=1S/C25H29NO5/c1-15(2)31-19-12-11-17(14-16(19)3)23(27)21-22(20-10-7-13-30-20)26(25(29)24(21)28)18-8-5-4-6-9-18/h7,10-15,18,22,27H,4-6,8-9H2,1-3H3/b23-21-. The summed E-state index contributed by atoms with van der Waals surface area (Å²) in [4.78, 5) is 27.8. The highest BCUT2D eigenvalue weighted by molar-refractivity contribution is 6.46. The van der Waals surface area contributed by atoms with E-state index in [2.05, 4.69) is 0 Å². The van der Waals surface area contributed by atoms with E-state index in [0.717, 1.165) is 43.4 Å². The minimum atomic E-state index is -0.718. The molecule has 164 valence electrons. The molecule has 6 nitrogen and oxygen atoms in total. The van der Waals surface area contributed by atoms with Crippen molar-refractivity contribution in [3.8, 4) is 5.75 Å². The van der Waals surface area contributed by atoms with Gasteiger partial charge < -0.3 is 19.2 Å². The summed E-state index contributed by atoms with van der Waals surface area (Å²) in [5, 5.41) is 11.2. The quantitative estimate of drug-likeness (QED) is 0.410. The molecule has 1 aliphatic heterocycles. The van der Waals surface area contributed by atoms with Crippen LogP contribution < -0.4 is 4.74 Å². The van der Waals surface area contributed by atoms with Crippen molar-refractivity contribution >= 4 is 17.4 Å². The molecule has 4 rings (SSSR count). The zero-order valence-electron chi connectivity index (χ0n) is 18.3. The molecular formula is C25H29NO5. The molecular weight excluding hydrogens is 394 g/mol. The number of ether oxygens (including phenoxy) is 1. The Bertz CT molecular complexity index is 999. The summed E-state index contributed by atoms with van der Waals surface area (Å²) in [6.45, 7) is 5.78. The molecule has 6 heteroatoms. The minimum Gasteiger partial charge on any atom is -0.507 e. The summed E-state index contributed by atoms with van der Waals surface area (Å²) in [7, 11) is 0. The maximum absolute atomic E-state index is 13.1. The first-order valence-electron chi connectivity index (χ1n) is 11.0. The second-order valence-corrected chi connectivity index (χ2v) is 8.66. The Morgan fingerprint density at radius 2 is 1.90 bits per heavy atom. The topological polar surface area (TPSA) is 80.0 Å². The highest BCUT2D eigenvalue weighted by Gasteiger charge is 2.50. The van der Waals surface area contributed by atoms with E-state index in [0.29, 0.717) is 11.3 Å². The molecule has 1 aromatic heterocycles. The van der Waals surface area contributed by atoms with Crippen molar-refractivity contribution in [1.82, 2.24) is 4.90 Å². The van der Waals surface area contributed by atoms with Crippen molar-refractivity contribution in [3.63, 3.8) is 0 Å². The fourth-order valence-electron chi connectivity index (χ4n) is 4.65. The van der Waals surface area contributed by atoms with Crippen LogP contribution in [0, 0.1) is 6.92 Å². The first-order chi connectivity index (χ1) is 14.9. The van der Waals surface area contributed by atoms with Gasteiger partial charge in [0.2, 0.25) is 0 Å². The Balaban J connectivity index is 1.79. The lowest BCUT2D eigenvalue weighted by Gasteiger charge is -2.34. The SMILES string of the molecule is Cc1cc(/C(O)=C2/C(=O)C(=O)N(C3CCCCC3)C2c2ccco2)ccc1OC(C)C. The molecule has 1 amide bonds. The van der Waals surface area contributed by atoms with Crippen LogP contribution in [-0.4, -0.2) is 33.8 Å². The smallest absolute Gasteiger partial charge is 0.296 e. The van der Waals surface area contributed by atoms with E-state index in [4.69, 9.17) is 9.15 Å². The lowest BCUT2D eigenvalue weighted by Crippen LogP contribution is -2.40. The highest BCUT2D eigenvalue weighted by Crippen LogP contribution is 2.43. The largest absolute Gasteiger partial charge is 0.507 e. The molecule has 2 aromatic rings. The number of hydrogen-bond donors (Lipinski definition) is 1. The Kier molecular flexibility index (Phi) is 5.90. The van der Waals surface area contributed by atoms with Gasteiger partial charge in [-0.15, -0.1) is 0 Å². The van der Waals surface area contributed by atoms with Crippen LogP contribution in [0.25, 0.3) is 5.76 Å². The van der Waals surface area contributed by atoms with Crippen LogP contribution in [0.4, 0.5) is 0 Å². The van der Waals surface area contributed by atoms with Crippen molar-refractivity contribution in [2.75, 3.05) is 0 Å². The second-order valence-electron chi connectivity index (χ2n) is 8.66. The van der Waals surface area contributed by atoms with Crippen LogP contribution in [0.5, 0.6) is 5.75 Å². The van der Waals surface area contributed by atoms with Gasteiger partial charge in [-0.25, -0.2) is 0 Å². The third-order valence-electron chi connectivity index (χ3n) is 6.07. The van der Waals surface area contributed by atoms with Crippen LogP contribution in [0.15, 0.2) is 46.6 Å². The predicted octanol–water partition coefficient (Wildman–Crippen LogP) is 5.13. The van der Waals surface area contributed by atoms with Gasteiger partial charge in [-0.05, 0) is 69.5 Å². The molecule has 2 heterocycles. The molecule has 0 radical (unpaired) electrons. The third-order valence-corrected chi connectivity index (χ3v) is 6.07. The van der Waals surface area contributed by atoms with Crippen molar-refractivity contribution in [1.29, 1.82) is 0 Å². The number of ketones is 1. The van der Waals surface area contributed by atoms with Gasteiger partial charge in [-0.1, -0.05) is 19.3 Å². The maximum Gasteiger partial charge on any atom is 0.296 e. The van der Waals surface area contributed by atoms with E-state index < -0.39 is 17.7 Å². The van der Waals surface area contributed by atoms with E-state index in [9.17, 15) is 14.7 Å². The first-order valence-corrected chi connectivity index (χ1v) is 11.0. The van der Waals surface area contributed by atoms with Gasteiger partial charge in [0.15, 0.2) is 0 Å². The zero-order chi connectivity index (χ0) is 22.1. The van der Waals surface area contributed by atoms with Gasteiger partial charge in [0.05, 0.1) is 17.9 Å². The molecule has 1 N–H and O–H groups in total. The predicted molar refractivity (Wildman–Crippen MR) is 117 cm³/mol. The molecule has 2 aliphatic rings. The molecule has 1 atom stereocenters. The molecule has 2 fully saturated rings. The Morgan fingerprint density at radius 3 is 2.52 bits per heavy atom. The minimum absolute atomic E-state index is 0.0258. The van der Waals surface area contributed by atoms with Crippen LogP contribution in [-0.2, 0) is 9.59 Å². The number of furan rings is 1. The van der Waals surface area contributed by atoms with Gasteiger partial charge >= 0.3 is 0 Å². The van der Waals surface area contributed by atoms with E-state index in [1.54, 1.807) is 35.2 Å². The number of carbonyl (C=O) groups excluding carboxylic acids is 2. The van der Waals surface area contributed by atoms with Gasteiger partial charge in [0, 0.05) is 11.6 Å². The summed E-state index contributed by atoms with van der Waals surface area (Å²) < 4.78 is 11.4. The fourth-order valence-corrected chi connectivity index (χ4v) is 4.65. The second kappa shape index (κ2) is 8.61. The molecule has 1 aliphatic carbocycles. The van der Waals surface area contributed by atoms with Crippen molar-refractivity contribution < 1.29 is 23.8 Å². The fraction of sp³-hybridized carbons (Fsp3) is 0.440. The molecule has 31 heavy (non-hydrogen) atoms. The van der Waals surface area contributed by atoms with Crippen LogP contribution in [0.3, 0.4) is 0 Å². The lowest BCUT2D eigenvalue weighted by atomic mass is 9.92. The monoisotopic (exact) mass is 423 g/mol.